The van der Waals surface area contributed by atoms with Crippen molar-refractivity contribution in [3.05, 3.63) is 35.1 Å². The minimum Gasteiger partial charge on any atom is -0.396 e. The van der Waals surface area contributed by atoms with E-state index in [0.717, 1.165) is 6.07 Å². The van der Waals surface area contributed by atoms with Crippen molar-refractivity contribution in [2.24, 2.45) is 11.1 Å². The zero-order valence-corrected chi connectivity index (χ0v) is 8.93. The van der Waals surface area contributed by atoms with Gasteiger partial charge in [0, 0.05) is 24.6 Å². The highest BCUT2D eigenvalue weighted by atomic mass is 19.2. The summed E-state index contributed by atoms with van der Waals surface area (Å²) >= 11 is 0. The van der Waals surface area contributed by atoms with E-state index in [1.807, 2.05) is 0 Å². The van der Waals surface area contributed by atoms with Gasteiger partial charge in [0.25, 0.3) is 0 Å². The summed E-state index contributed by atoms with van der Waals surface area (Å²) in [5, 5.41) is 9.09. The van der Waals surface area contributed by atoms with Gasteiger partial charge in [-0.25, -0.2) is 13.2 Å². The maximum Gasteiger partial charge on any atom is 0.161 e. The van der Waals surface area contributed by atoms with E-state index in [-0.39, 0.29) is 25.1 Å². The van der Waals surface area contributed by atoms with Gasteiger partial charge in [0.2, 0.25) is 0 Å². The van der Waals surface area contributed by atoms with E-state index in [4.69, 9.17) is 10.8 Å². The second-order valence-corrected chi connectivity index (χ2v) is 4.21. The predicted octanol–water partition coefficient (Wildman–Crippen LogP) is 1.60. The van der Waals surface area contributed by atoms with Crippen molar-refractivity contribution >= 4 is 0 Å². The molecule has 0 heterocycles. The molecule has 0 aliphatic heterocycles. The smallest absolute Gasteiger partial charge is 0.161 e. The number of halogens is 3. The van der Waals surface area contributed by atoms with E-state index < -0.39 is 22.9 Å². The quantitative estimate of drug-likeness (QED) is 0.776. The summed E-state index contributed by atoms with van der Waals surface area (Å²) in [4.78, 5) is 0. The molecule has 1 rings (SSSR count). The molecule has 0 saturated carbocycles. The topological polar surface area (TPSA) is 46.2 Å². The van der Waals surface area contributed by atoms with E-state index in [2.05, 4.69) is 0 Å². The SMILES string of the molecule is CC(CN)(CO)Cc1cc(F)c(F)cc1F. The first kappa shape index (κ1) is 13.0. The molecule has 0 aliphatic carbocycles. The van der Waals surface area contributed by atoms with Crippen molar-refractivity contribution in [1.29, 1.82) is 0 Å². The van der Waals surface area contributed by atoms with Crippen molar-refractivity contribution in [3.8, 4) is 0 Å². The summed E-state index contributed by atoms with van der Waals surface area (Å²) in [7, 11) is 0. The Labute approximate surface area is 91.9 Å². The van der Waals surface area contributed by atoms with Gasteiger partial charge in [-0.15, -0.1) is 0 Å². The molecule has 1 aromatic rings. The fourth-order valence-corrected chi connectivity index (χ4v) is 1.35. The Balaban J connectivity index is 3.01. The molecule has 0 aromatic heterocycles. The van der Waals surface area contributed by atoms with Gasteiger partial charge in [0.05, 0.1) is 0 Å². The molecular formula is C11H14F3NO. The third-order valence-electron chi connectivity index (χ3n) is 2.58. The van der Waals surface area contributed by atoms with Crippen LogP contribution in [0, 0.1) is 22.9 Å². The Hall–Kier alpha value is -1.07. The first-order valence-electron chi connectivity index (χ1n) is 4.86. The number of rotatable bonds is 4. The third kappa shape index (κ3) is 2.74. The van der Waals surface area contributed by atoms with E-state index in [9.17, 15) is 13.2 Å². The molecule has 0 amide bonds. The largest absolute Gasteiger partial charge is 0.396 e. The lowest BCUT2D eigenvalue weighted by atomic mass is 9.84. The Bertz CT molecular complexity index is 378. The number of hydrogen-bond donors (Lipinski definition) is 2. The average molecular weight is 233 g/mol. The number of hydrogen-bond acceptors (Lipinski definition) is 2. The van der Waals surface area contributed by atoms with Crippen molar-refractivity contribution in [3.63, 3.8) is 0 Å². The van der Waals surface area contributed by atoms with Crippen LogP contribution >= 0.6 is 0 Å². The molecular weight excluding hydrogens is 219 g/mol. The average Bonchev–Trinajstić information content (AvgIpc) is 2.25. The highest BCUT2D eigenvalue weighted by Gasteiger charge is 2.24. The maximum absolute atomic E-state index is 13.3. The number of nitrogens with two attached hydrogens (primary N) is 1. The molecule has 1 unspecified atom stereocenters. The van der Waals surface area contributed by atoms with Crippen LogP contribution in [-0.2, 0) is 6.42 Å². The lowest BCUT2D eigenvalue weighted by Crippen LogP contribution is -2.33. The number of aliphatic hydroxyl groups excluding tert-OH is 1. The molecule has 3 N–H and O–H groups in total. The molecule has 0 fully saturated rings. The molecule has 1 atom stereocenters. The van der Waals surface area contributed by atoms with Crippen molar-refractivity contribution < 1.29 is 18.3 Å². The summed E-state index contributed by atoms with van der Waals surface area (Å²) in [6, 6.07) is 1.30. The van der Waals surface area contributed by atoms with Gasteiger partial charge in [-0.2, -0.15) is 0 Å². The Morgan fingerprint density at radius 3 is 2.25 bits per heavy atom. The molecule has 90 valence electrons. The summed E-state index contributed by atoms with van der Waals surface area (Å²) in [6.45, 7) is 1.53. The molecule has 0 bridgehead atoms. The highest BCUT2D eigenvalue weighted by Crippen LogP contribution is 2.24. The fraction of sp³-hybridized carbons (Fsp3) is 0.455. The van der Waals surface area contributed by atoms with Crippen LogP contribution in [0.1, 0.15) is 12.5 Å². The van der Waals surface area contributed by atoms with E-state index in [0.29, 0.717) is 6.07 Å². The minimum atomic E-state index is -1.22. The van der Waals surface area contributed by atoms with Gasteiger partial charge in [-0.3, -0.25) is 0 Å². The van der Waals surface area contributed by atoms with Crippen LogP contribution in [0.2, 0.25) is 0 Å². The molecule has 5 heteroatoms. The van der Waals surface area contributed by atoms with Crippen LogP contribution in [0.25, 0.3) is 0 Å². The molecule has 2 nitrogen and oxygen atoms in total. The Morgan fingerprint density at radius 1 is 1.19 bits per heavy atom. The molecule has 0 spiro atoms. The number of benzene rings is 1. The van der Waals surface area contributed by atoms with Gasteiger partial charge >= 0.3 is 0 Å². The summed E-state index contributed by atoms with van der Waals surface area (Å²) in [5.74, 6) is -3.15. The summed E-state index contributed by atoms with van der Waals surface area (Å²) in [5.41, 5.74) is 4.72. The number of aliphatic hydroxyl groups is 1. The van der Waals surface area contributed by atoms with E-state index in [1.165, 1.54) is 0 Å². The first-order chi connectivity index (χ1) is 7.41. The van der Waals surface area contributed by atoms with Crippen LogP contribution < -0.4 is 5.73 Å². The Morgan fingerprint density at radius 2 is 1.75 bits per heavy atom. The van der Waals surface area contributed by atoms with Gasteiger partial charge in [0.15, 0.2) is 11.6 Å². The summed E-state index contributed by atoms with van der Waals surface area (Å²) < 4.78 is 38.9. The third-order valence-corrected chi connectivity index (χ3v) is 2.58. The van der Waals surface area contributed by atoms with Gasteiger partial charge in [0.1, 0.15) is 5.82 Å². The summed E-state index contributed by atoms with van der Waals surface area (Å²) in [6.07, 6.45) is 0.0586. The van der Waals surface area contributed by atoms with Crippen molar-refractivity contribution in [2.45, 2.75) is 13.3 Å². The highest BCUT2D eigenvalue weighted by molar-refractivity contribution is 5.21. The standard InChI is InChI=1S/C11H14F3NO/c1-11(5-15,6-16)4-7-2-9(13)10(14)3-8(7)12/h2-3,16H,4-6,15H2,1H3. The molecule has 1 aromatic carbocycles. The zero-order valence-electron chi connectivity index (χ0n) is 8.93. The lowest BCUT2D eigenvalue weighted by molar-refractivity contribution is 0.148. The Kier molecular flexibility index (Phi) is 3.93. The first-order valence-corrected chi connectivity index (χ1v) is 4.86. The van der Waals surface area contributed by atoms with Crippen LogP contribution in [-0.4, -0.2) is 18.3 Å². The van der Waals surface area contributed by atoms with Gasteiger partial charge in [-0.1, -0.05) is 6.92 Å². The second kappa shape index (κ2) is 4.84. The zero-order chi connectivity index (χ0) is 12.3. The maximum atomic E-state index is 13.3. The van der Waals surface area contributed by atoms with Crippen LogP contribution in [0.15, 0.2) is 12.1 Å². The predicted molar refractivity (Wildman–Crippen MR) is 54.3 cm³/mol. The molecule has 0 radical (unpaired) electrons. The van der Waals surface area contributed by atoms with Crippen molar-refractivity contribution in [2.75, 3.05) is 13.2 Å². The minimum absolute atomic E-state index is 0.0147. The van der Waals surface area contributed by atoms with Crippen LogP contribution in [0.3, 0.4) is 0 Å². The molecule has 16 heavy (non-hydrogen) atoms. The molecule has 0 aliphatic rings. The second-order valence-electron chi connectivity index (χ2n) is 4.21. The van der Waals surface area contributed by atoms with E-state index >= 15 is 0 Å². The molecule has 0 saturated heterocycles. The van der Waals surface area contributed by atoms with E-state index in [1.54, 1.807) is 6.92 Å². The normalized spacial score (nSPS) is 14.9. The van der Waals surface area contributed by atoms with Crippen LogP contribution in [0.5, 0.6) is 0 Å². The van der Waals surface area contributed by atoms with Crippen LogP contribution in [0.4, 0.5) is 13.2 Å². The lowest BCUT2D eigenvalue weighted by Gasteiger charge is -2.25. The van der Waals surface area contributed by atoms with Gasteiger partial charge < -0.3 is 10.8 Å². The monoisotopic (exact) mass is 233 g/mol. The van der Waals surface area contributed by atoms with Gasteiger partial charge in [-0.05, 0) is 18.1 Å². The fourth-order valence-electron chi connectivity index (χ4n) is 1.35. The van der Waals surface area contributed by atoms with Crippen molar-refractivity contribution in [1.82, 2.24) is 0 Å².